The minimum Gasteiger partial charge on any atom is -0.489 e. The molecular weight excluding hydrogens is 291 g/mol. The molecule has 1 aliphatic heterocycles. The molecule has 2 aromatic carbocycles. The van der Waals surface area contributed by atoms with Gasteiger partial charge in [-0.25, -0.2) is 0 Å². The fraction of sp³-hybridized carbons (Fsp3) is 0.294. The van der Waals surface area contributed by atoms with Crippen LogP contribution in [0.1, 0.15) is 25.3 Å². The van der Waals surface area contributed by atoms with Crippen molar-refractivity contribution in [1.29, 1.82) is 0 Å². The molecule has 0 N–H and O–H groups in total. The van der Waals surface area contributed by atoms with Crippen molar-refractivity contribution in [3.05, 3.63) is 52.0 Å². The number of para-hydroxylation sites is 1. The second-order valence-electron chi connectivity index (χ2n) is 5.10. The summed E-state index contributed by atoms with van der Waals surface area (Å²) in [5.41, 5.74) is 3.23. The maximum Gasteiger partial charge on any atom is 0.130 e. The molecule has 1 atom stereocenters. The van der Waals surface area contributed by atoms with Crippen molar-refractivity contribution < 1.29 is 4.74 Å². The van der Waals surface area contributed by atoms with Crippen LogP contribution in [-0.2, 0) is 6.42 Å². The Bertz CT molecular complexity index is 637. The van der Waals surface area contributed by atoms with Gasteiger partial charge in [-0.1, -0.05) is 48.3 Å². The highest BCUT2D eigenvalue weighted by Crippen LogP contribution is 2.41. The third kappa shape index (κ3) is 2.53. The Morgan fingerprint density at radius 2 is 2.00 bits per heavy atom. The lowest BCUT2D eigenvalue weighted by atomic mass is 9.95. The van der Waals surface area contributed by atoms with Gasteiger partial charge in [0.2, 0.25) is 0 Å². The van der Waals surface area contributed by atoms with Gasteiger partial charge >= 0.3 is 0 Å². The molecule has 0 aliphatic carbocycles. The van der Waals surface area contributed by atoms with E-state index in [-0.39, 0.29) is 0 Å². The Labute approximate surface area is 129 Å². The van der Waals surface area contributed by atoms with Crippen LogP contribution in [0.15, 0.2) is 36.4 Å². The normalized spacial score (nSPS) is 17.4. The number of ether oxygens (including phenoxy) is 1. The fourth-order valence-electron chi connectivity index (χ4n) is 2.67. The molecule has 2 aromatic rings. The lowest BCUT2D eigenvalue weighted by Crippen LogP contribution is -2.22. The van der Waals surface area contributed by atoms with Crippen molar-refractivity contribution in [3.63, 3.8) is 0 Å². The van der Waals surface area contributed by atoms with Gasteiger partial charge in [0.25, 0.3) is 0 Å². The van der Waals surface area contributed by atoms with Crippen molar-refractivity contribution in [3.8, 4) is 16.9 Å². The Kier molecular flexibility index (Phi) is 3.91. The molecular formula is C17H16Cl2O. The van der Waals surface area contributed by atoms with E-state index in [1.807, 2.05) is 12.1 Å². The van der Waals surface area contributed by atoms with Crippen LogP contribution in [-0.4, -0.2) is 6.10 Å². The van der Waals surface area contributed by atoms with Crippen molar-refractivity contribution in [2.24, 2.45) is 0 Å². The van der Waals surface area contributed by atoms with Gasteiger partial charge in [0.1, 0.15) is 5.75 Å². The maximum absolute atomic E-state index is 6.33. The predicted octanol–water partition coefficient (Wildman–Crippen LogP) is 5.76. The Morgan fingerprint density at radius 3 is 2.80 bits per heavy atom. The SMILES string of the molecule is CC[C@@H]1CCc2cccc(-c3cc(Cl)ccc3Cl)c2O1. The highest BCUT2D eigenvalue weighted by Gasteiger charge is 2.22. The Balaban J connectivity index is 2.13. The third-order valence-corrected chi connectivity index (χ3v) is 4.36. The summed E-state index contributed by atoms with van der Waals surface area (Å²) in [6, 6.07) is 11.8. The number of hydrogen-bond donors (Lipinski definition) is 0. The number of fused-ring (bicyclic) bond motifs is 1. The van der Waals surface area contributed by atoms with Crippen LogP contribution in [0.2, 0.25) is 10.0 Å². The van der Waals surface area contributed by atoms with E-state index in [0.717, 1.165) is 36.1 Å². The molecule has 0 fully saturated rings. The number of halogens is 2. The number of aryl methyl sites for hydroxylation is 1. The van der Waals surface area contributed by atoms with Crippen molar-refractivity contribution in [2.45, 2.75) is 32.3 Å². The van der Waals surface area contributed by atoms with Crippen LogP contribution in [0, 0.1) is 0 Å². The van der Waals surface area contributed by atoms with Crippen LogP contribution >= 0.6 is 23.2 Å². The summed E-state index contributed by atoms with van der Waals surface area (Å²) in [5, 5.41) is 1.38. The monoisotopic (exact) mass is 306 g/mol. The van der Waals surface area contributed by atoms with Gasteiger partial charge < -0.3 is 4.74 Å². The molecule has 0 saturated carbocycles. The third-order valence-electron chi connectivity index (χ3n) is 3.79. The predicted molar refractivity (Wildman–Crippen MR) is 84.9 cm³/mol. The van der Waals surface area contributed by atoms with Gasteiger partial charge in [-0.3, -0.25) is 0 Å². The molecule has 1 nitrogen and oxygen atoms in total. The summed E-state index contributed by atoms with van der Waals surface area (Å²) in [6.45, 7) is 2.16. The molecule has 0 bridgehead atoms. The molecule has 0 unspecified atom stereocenters. The van der Waals surface area contributed by atoms with Gasteiger partial charge in [0, 0.05) is 21.2 Å². The number of rotatable bonds is 2. The molecule has 0 spiro atoms. The number of hydrogen-bond acceptors (Lipinski definition) is 1. The summed E-state index contributed by atoms with van der Waals surface area (Å²) >= 11 is 12.4. The van der Waals surface area contributed by atoms with Crippen LogP contribution in [0.3, 0.4) is 0 Å². The smallest absolute Gasteiger partial charge is 0.130 e. The second-order valence-corrected chi connectivity index (χ2v) is 5.95. The van der Waals surface area contributed by atoms with Crippen molar-refractivity contribution >= 4 is 23.2 Å². The summed E-state index contributed by atoms with van der Waals surface area (Å²) in [6.07, 6.45) is 3.45. The first kappa shape index (κ1) is 13.8. The van der Waals surface area contributed by atoms with E-state index in [9.17, 15) is 0 Å². The second kappa shape index (κ2) is 5.67. The maximum atomic E-state index is 6.33. The van der Waals surface area contributed by atoms with E-state index in [4.69, 9.17) is 27.9 Å². The lowest BCUT2D eigenvalue weighted by Gasteiger charge is -2.27. The highest BCUT2D eigenvalue weighted by atomic mass is 35.5. The molecule has 1 heterocycles. The van der Waals surface area contributed by atoms with E-state index in [1.54, 1.807) is 6.07 Å². The van der Waals surface area contributed by atoms with Gasteiger partial charge in [0.05, 0.1) is 6.10 Å². The zero-order valence-electron chi connectivity index (χ0n) is 11.3. The lowest BCUT2D eigenvalue weighted by molar-refractivity contribution is 0.170. The van der Waals surface area contributed by atoms with Crippen molar-refractivity contribution in [1.82, 2.24) is 0 Å². The molecule has 1 aliphatic rings. The van der Waals surface area contributed by atoms with Gasteiger partial charge in [-0.2, -0.15) is 0 Å². The van der Waals surface area contributed by atoms with Crippen LogP contribution < -0.4 is 4.74 Å². The first-order valence-corrected chi connectivity index (χ1v) is 7.68. The summed E-state index contributed by atoms with van der Waals surface area (Å²) < 4.78 is 6.16. The first-order valence-electron chi connectivity index (χ1n) is 6.93. The van der Waals surface area contributed by atoms with E-state index < -0.39 is 0 Å². The summed E-state index contributed by atoms with van der Waals surface area (Å²) in [5.74, 6) is 0.967. The van der Waals surface area contributed by atoms with Crippen LogP contribution in [0.4, 0.5) is 0 Å². The molecule has 0 saturated heterocycles. The zero-order valence-corrected chi connectivity index (χ0v) is 12.8. The van der Waals surface area contributed by atoms with Gasteiger partial charge in [-0.15, -0.1) is 0 Å². The van der Waals surface area contributed by atoms with E-state index >= 15 is 0 Å². The fourth-order valence-corrected chi connectivity index (χ4v) is 3.06. The standard InChI is InChI=1S/C17H16Cl2O/c1-2-13-8-6-11-4-3-5-14(17(11)20-13)15-10-12(18)7-9-16(15)19/h3-5,7,9-10,13H,2,6,8H2,1H3/t13-/m1/s1. The van der Waals surface area contributed by atoms with Gasteiger partial charge in [-0.05, 0) is 43.0 Å². The Hall–Kier alpha value is -1.18. The molecule has 104 valence electrons. The first-order chi connectivity index (χ1) is 9.69. The summed E-state index contributed by atoms with van der Waals surface area (Å²) in [4.78, 5) is 0. The number of benzene rings is 2. The average Bonchev–Trinajstić information content (AvgIpc) is 2.48. The molecule has 3 rings (SSSR count). The van der Waals surface area contributed by atoms with Gasteiger partial charge in [0.15, 0.2) is 0 Å². The minimum atomic E-state index is 0.293. The minimum absolute atomic E-state index is 0.293. The van der Waals surface area contributed by atoms with E-state index in [0.29, 0.717) is 16.1 Å². The molecule has 20 heavy (non-hydrogen) atoms. The largest absolute Gasteiger partial charge is 0.489 e. The van der Waals surface area contributed by atoms with Crippen LogP contribution in [0.5, 0.6) is 5.75 Å². The average molecular weight is 307 g/mol. The van der Waals surface area contributed by atoms with Crippen molar-refractivity contribution in [2.75, 3.05) is 0 Å². The molecule has 0 radical (unpaired) electrons. The Morgan fingerprint density at radius 1 is 1.15 bits per heavy atom. The topological polar surface area (TPSA) is 9.23 Å². The zero-order chi connectivity index (χ0) is 14.1. The summed E-state index contributed by atoms with van der Waals surface area (Å²) in [7, 11) is 0. The molecule has 0 amide bonds. The molecule has 3 heteroatoms. The van der Waals surface area contributed by atoms with E-state index in [1.165, 1.54) is 5.56 Å². The van der Waals surface area contributed by atoms with Crippen LogP contribution in [0.25, 0.3) is 11.1 Å². The quantitative estimate of drug-likeness (QED) is 0.685. The highest BCUT2D eigenvalue weighted by molar-refractivity contribution is 6.35. The van der Waals surface area contributed by atoms with E-state index in [2.05, 4.69) is 25.1 Å². The molecule has 0 aromatic heterocycles.